The standard InChI is InChI=1S/C28H35N7O4S/c1-27(2)19-9-15-29-21-5-4-6-24(30-21)40(37,38)33-26(36)20-7-8-22(31-25(20)34(27)16-10-19)35-17-11-23(32-35)39-18-14-28(3)12-13-28/h4-8,11,17,19H,9-10,12-16,18H2,1-3H3,(H,29,30)(H,33,36). The molecule has 11 nitrogen and oxygen atoms in total. The van der Waals surface area contributed by atoms with Crippen LogP contribution in [-0.4, -0.2) is 59.3 Å². The van der Waals surface area contributed by atoms with E-state index >= 15 is 0 Å². The first kappa shape index (κ1) is 26.5. The highest BCUT2D eigenvalue weighted by molar-refractivity contribution is 7.90. The van der Waals surface area contributed by atoms with Gasteiger partial charge in [0.2, 0.25) is 5.88 Å². The summed E-state index contributed by atoms with van der Waals surface area (Å²) in [6, 6.07) is 9.77. The summed E-state index contributed by atoms with van der Waals surface area (Å²) in [6.07, 6.45) is 7.01. The molecule has 2 aliphatic heterocycles. The van der Waals surface area contributed by atoms with E-state index in [-0.39, 0.29) is 16.1 Å². The molecule has 12 heteroatoms. The van der Waals surface area contributed by atoms with Crippen LogP contribution in [0.2, 0.25) is 0 Å². The predicted octanol–water partition coefficient (Wildman–Crippen LogP) is 3.77. The summed E-state index contributed by atoms with van der Waals surface area (Å²) in [5.41, 5.74) is 0.239. The third-order valence-electron chi connectivity index (χ3n) is 8.64. The zero-order chi connectivity index (χ0) is 28.1. The minimum atomic E-state index is -4.21. The Balaban J connectivity index is 1.35. The van der Waals surface area contributed by atoms with Gasteiger partial charge in [-0.1, -0.05) is 13.0 Å². The molecule has 3 aliphatic rings. The molecule has 3 aromatic rings. The molecule has 0 spiro atoms. The first-order valence-corrected chi connectivity index (χ1v) is 15.3. The number of hydrogen-bond donors (Lipinski definition) is 2. The van der Waals surface area contributed by atoms with E-state index in [0.717, 1.165) is 19.3 Å². The van der Waals surface area contributed by atoms with Gasteiger partial charge in [0.25, 0.3) is 15.9 Å². The molecule has 0 radical (unpaired) electrons. The lowest BCUT2D eigenvalue weighted by Crippen LogP contribution is -2.45. The van der Waals surface area contributed by atoms with E-state index in [2.05, 4.69) is 45.8 Å². The Kier molecular flexibility index (Phi) is 6.47. The maximum atomic E-state index is 13.5. The molecule has 4 bridgehead atoms. The summed E-state index contributed by atoms with van der Waals surface area (Å²) in [5.74, 6) is 1.45. The van der Waals surface area contributed by atoms with Gasteiger partial charge in [-0.3, -0.25) is 4.79 Å². The first-order chi connectivity index (χ1) is 19.0. The Morgan fingerprint density at radius 2 is 1.90 bits per heavy atom. The van der Waals surface area contributed by atoms with E-state index in [1.807, 2.05) is 0 Å². The SMILES string of the molecule is CC1(CCOc2ccn(-c3ccc4c(n3)N3CCC(CCNc5cccc(n5)S(=O)(=O)NC4=O)C3(C)C)n2)CC1. The number of fused-ring (bicyclic) bond motifs is 6. The molecule has 40 heavy (non-hydrogen) atoms. The molecule has 1 amide bonds. The Hall–Kier alpha value is -3.67. The van der Waals surface area contributed by atoms with Crippen molar-refractivity contribution in [2.75, 3.05) is 29.9 Å². The third-order valence-corrected chi connectivity index (χ3v) is 9.87. The monoisotopic (exact) mass is 565 g/mol. The van der Waals surface area contributed by atoms with Gasteiger partial charge < -0.3 is 15.0 Å². The summed E-state index contributed by atoms with van der Waals surface area (Å²) in [5, 5.41) is 7.57. The van der Waals surface area contributed by atoms with Crippen LogP contribution >= 0.6 is 0 Å². The second kappa shape index (κ2) is 9.76. The molecule has 1 saturated carbocycles. The van der Waals surface area contributed by atoms with Gasteiger partial charge in [-0.2, -0.15) is 8.42 Å². The summed E-state index contributed by atoms with van der Waals surface area (Å²) < 4.78 is 35.9. The van der Waals surface area contributed by atoms with Crippen LogP contribution in [0.1, 0.15) is 63.2 Å². The average Bonchev–Trinajstić information content (AvgIpc) is 3.32. The highest BCUT2D eigenvalue weighted by atomic mass is 32.2. The van der Waals surface area contributed by atoms with Crippen LogP contribution in [0.3, 0.4) is 0 Å². The van der Waals surface area contributed by atoms with Crippen LogP contribution in [0, 0.1) is 11.3 Å². The smallest absolute Gasteiger partial charge is 0.281 e. The fraction of sp³-hybridized carbons (Fsp3) is 0.500. The number of carbonyl (C=O) groups is 1. The maximum Gasteiger partial charge on any atom is 0.281 e. The van der Waals surface area contributed by atoms with Crippen LogP contribution in [0.5, 0.6) is 5.88 Å². The number of sulfonamides is 1. The highest BCUT2D eigenvalue weighted by Gasteiger charge is 2.43. The minimum absolute atomic E-state index is 0.175. The van der Waals surface area contributed by atoms with Gasteiger partial charge in [-0.05, 0) is 81.5 Å². The largest absolute Gasteiger partial charge is 0.477 e. The van der Waals surface area contributed by atoms with Crippen molar-refractivity contribution in [2.45, 2.75) is 63.4 Å². The predicted molar refractivity (Wildman–Crippen MR) is 150 cm³/mol. The van der Waals surface area contributed by atoms with Crippen LogP contribution in [0.15, 0.2) is 47.6 Å². The molecule has 2 N–H and O–H groups in total. The lowest BCUT2D eigenvalue weighted by Gasteiger charge is -2.38. The van der Waals surface area contributed by atoms with Crippen LogP contribution in [0.25, 0.3) is 5.82 Å². The molecule has 0 aromatic carbocycles. The van der Waals surface area contributed by atoms with Gasteiger partial charge in [0.05, 0.1) is 12.2 Å². The number of pyridine rings is 2. The van der Waals surface area contributed by atoms with Crippen molar-refractivity contribution < 1.29 is 17.9 Å². The first-order valence-electron chi connectivity index (χ1n) is 13.8. The maximum absolute atomic E-state index is 13.5. The fourth-order valence-corrected chi connectivity index (χ4v) is 6.55. The molecule has 2 fully saturated rings. The minimum Gasteiger partial charge on any atom is -0.477 e. The number of nitrogens with zero attached hydrogens (tertiary/aromatic N) is 5. The number of carbonyl (C=O) groups excluding carboxylic acids is 1. The van der Waals surface area contributed by atoms with E-state index in [9.17, 15) is 13.2 Å². The third kappa shape index (κ3) is 5.12. The van der Waals surface area contributed by atoms with Crippen molar-refractivity contribution >= 4 is 27.6 Å². The van der Waals surface area contributed by atoms with Gasteiger partial charge in [0.1, 0.15) is 11.6 Å². The van der Waals surface area contributed by atoms with Crippen molar-refractivity contribution in [3.63, 3.8) is 0 Å². The molecule has 6 rings (SSSR count). The van der Waals surface area contributed by atoms with Gasteiger partial charge in [0.15, 0.2) is 10.8 Å². The van der Waals surface area contributed by atoms with E-state index in [4.69, 9.17) is 9.72 Å². The molecule has 1 aliphatic carbocycles. The number of hydrogen-bond acceptors (Lipinski definition) is 9. The molecule has 3 aromatic heterocycles. The second-order valence-electron chi connectivity index (χ2n) is 11.9. The normalized spacial score (nSPS) is 22.4. The number of aromatic nitrogens is 4. The number of nitrogens with one attached hydrogen (secondary N) is 2. The molecule has 1 unspecified atom stereocenters. The summed E-state index contributed by atoms with van der Waals surface area (Å²) in [4.78, 5) is 24.7. The van der Waals surface area contributed by atoms with Crippen molar-refractivity contribution in [3.05, 3.63) is 48.2 Å². The van der Waals surface area contributed by atoms with Crippen LogP contribution in [0.4, 0.5) is 11.6 Å². The Morgan fingerprint density at radius 3 is 2.70 bits per heavy atom. The quantitative estimate of drug-likeness (QED) is 0.475. The fourth-order valence-electron chi connectivity index (χ4n) is 5.62. The Bertz CT molecular complexity index is 1550. The van der Waals surface area contributed by atoms with Crippen molar-refractivity contribution in [1.29, 1.82) is 0 Å². The van der Waals surface area contributed by atoms with Gasteiger partial charge in [-0.15, -0.1) is 5.10 Å². The van der Waals surface area contributed by atoms with Crippen LogP contribution in [-0.2, 0) is 10.0 Å². The lowest BCUT2D eigenvalue weighted by molar-refractivity contribution is 0.0981. The van der Waals surface area contributed by atoms with Gasteiger partial charge in [0, 0.05) is 30.9 Å². The summed E-state index contributed by atoms with van der Waals surface area (Å²) in [7, 11) is -4.21. The zero-order valence-electron chi connectivity index (χ0n) is 23.1. The number of amides is 1. The van der Waals surface area contributed by atoms with E-state index in [0.29, 0.717) is 54.4 Å². The van der Waals surface area contributed by atoms with E-state index in [1.54, 1.807) is 41.2 Å². The number of rotatable bonds is 5. The highest BCUT2D eigenvalue weighted by Crippen LogP contribution is 2.48. The Labute approximate surface area is 234 Å². The van der Waals surface area contributed by atoms with Crippen LogP contribution < -0.4 is 19.7 Å². The summed E-state index contributed by atoms with van der Waals surface area (Å²) in [6.45, 7) is 8.48. The van der Waals surface area contributed by atoms with Gasteiger partial charge >= 0.3 is 0 Å². The molecule has 5 heterocycles. The molecule has 212 valence electrons. The van der Waals surface area contributed by atoms with E-state index in [1.165, 1.54) is 18.9 Å². The Morgan fingerprint density at radius 1 is 1.07 bits per heavy atom. The zero-order valence-corrected chi connectivity index (χ0v) is 23.9. The summed E-state index contributed by atoms with van der Waals surface area (Å²) >= 11 is 0. The molecule has 1 atom stereocenters. The van der Waals surface area contributed by atoms with E-state index < -0.39 is 15.9 Å². The number of anilines is 2. The van der Waals surface area contributed by atoms with Crippen molar-refractivity contribution in [1.82, 2.24) is 24.5 Å². The molecular formula is C28H35N7O4S. The lowest BCUT2D eigenvalue weighted by atomic mass is 9.85. The molecular weight excluding hydrogens is 530 g/mol. The molecule has 1 saturated heterocycles. The van der Waals surface area contributed by atoms with Crippen molar-refractivity contribution in [3.8, 4) is 11.7 Å². The van der Waals surface area contributed by atoms with Crippen molar-refractivity contribution in [2.24, 2.45) is 11.3 Å². The second-order valence-corrected chi connectivity index (χ2v) is 13.5. The van der Waals surface area contributed by atoms with Gasteiger partial charge in [-0.25, -0.2) is 19.4 Å². The number of ether oxygens (including phenoxy) is 1. The average molecular weight is 566 g/mol. The topological polar surface area (TPSA) is 131 Å².